The van der Waals surface area contributed by atoms with Gasteiger partial charge in [-0.2, -0.15) is 0 Å². The van der Waals surface area contributed by atoms with E-state index in [0.717, 1.165) is 35.0 Å². The Bertz CT molecular complexity index is 543. The molecular formula is C14H16BrN3O. The van der Waals surface area contributed by atoms with Crippen LogP contribution in [0.5, 0.6) is 5.75 Å². The Morgan fingerprint density at radius 1 is 1.21 bits per heavy atom. The van der Waals surface area contributed by atoms with Gasteiger partial charge in [0.2, 0.25) is 0 Å². The normalized spacial score (nSPS) is 10.3. The predicted molar refractivity (Wildman–Crippen MR) is 79.4 cm³/mol. The van der Waals surface area contributed by atoms with Gasteiger partial charge in [0, 0.05) is 19.0 Å². The summed E-state index contributed by atoms with van der Waals surface area (Å²) < 4.78 is 5.93. The van der Waals surface area contributed by atoms with Gasteiger partial charge in [-0.15, -0.1) is 0 Å². The summed E-state index contributed by atoms with van der Waals surface area (Å²) in [6, 6.07) is 9.84. The number of rotatable bonds is 5. The fourth-order valence-electron chi connectivity index (χ4n) is 1.65. The molecule has 0 unspecified atom stereocenters. The van der Waals surface area contributed by atoms with E-state index in [1.165, 1.54) is 5.56 Å². The Labute approximate surface area is 121 Å². The molecule has 0 bridgehead atoms. The first-order chi connectivity index (χ1) is 9.21. The highest BCUT2D eigenvalue weighted by atomic mass is 79.9. The molecular weight excluding hydrogens is 306 g/mol. The third-order valence-corrected chi connectivity index (χ3v) is 3.10. The third-order valence-electron chi connectivity index (χ3n) is 2.69. The second kappa shape index (κ2) is 6.52. The smallest absolute Gasteiger partial charge is 0.131 e. The van der Waals surface area contributed by atoms with Gasteiger partial charge >= 0.3 is 0 Å². The molecule has 4 nitrogen and oxygen atoms in total. The molecule has 2 aromatic rings. The van der Waals surface area contributed by atoms with E-state index in [9.17, 15) is 0 Å². The van der Waals surface area contributed by atoms with Crippen LogP contribution in [0.15, 0.2) is 34.9 Å². The van der Waals surface area contributed by atoms with Crippen LogP contribution in [-0.2, 0) is 13.0 Å². The van der Waals surface area contributed by atoms with E-state index >= 15 is 0 Å². The fourth-order valence-corrected chi connectivity index (χ4v) is 2.07. The van der Waals surface area contributed by atoms with Crippen LogP contribution in [0.25, 0.3) is 0 Å². The Morgan fingerprint density at radius 2 is 1.95 bits per heavy atom. The molecule has 0 fully saturated rings. The second-order valence-corrected chi connectivity index (χ2v) is 4.86. The topological polar surface area (TPSA) is 47.0 Å². The first-order valence-electron chi connectivity index (χ1n) is 6.11. The average Bonchev–Trinajstić information content (AvgIpc) is 2.45. The van der Waals surface area contributed by atoms with Crippen molar-refractivity contribution in [3.8, 4) is 5.75 Å². The molecule has 19 heavy (non-hydrogen) atoms. The standard InChI is InChI=1S/C14H16BrN3O/c1-3-13-17-12(15)8-14(18-13)16-9-10-4-6-11(19-2)7-5-10/h4-8H,3,9H2,1-2H3,(H,16,17,18). The van der Waals surface area contributed by atoms with E-state index in [1.54, 1.807) is 7.11 Å². The van der Waals surface area contributed by atoms with Crippen LogP contribution in [-0.4, -0.2) is 17.1 Å². The second-order valence-electron chi connectivity index (χ2n) is 4.05. The summed E-state index contributed by atoms with van der Waals surface area (Å²) in [5.41, 5.74) is 1.17. The molecule has 5 heteroatoms. The van der Waals surface area contributed by atoms with Crippen LogP contribution in [0.1, 0.15) is 18.3 Å². The highest BCUT2D eigenvalue weighted by molar-refractivity contribution is 9.10. The van der Waals surface area contributed by atoms with E-state index in [0.29, 0.717) is 0 Å². The number of benzene rings is 1. The average molecular weight is 322 g/mol. The number of hydrogen-bond donors (Lipinski definition) is 1. The number of halogens is 1. The van der Waals surface area contributed by atoms with Gasteiger partial charge in [0.05, 0.1) is 7.11 Å². The van der Waals surface area contributed by atoms with E-state index < -0.39 is 0 Å². The zero-order chi connectivity index (χ0) is 13.7. The maximum absolute atomic E-state index is 5.13. The van der Waals surface area contributed by atoms with Crippen LogP contribution >= 0.6 is 15.9 Å². The van der Waals surface area contributed by atoms with E-state index in [2.05, 4.69) is 31.2 Å². The van der Waals surface area contributed by atoms with E-state index in [4.69, 9.17) is 4.74 Å². The summed E-state index contributed by atoms with van der Waals surface area (Å²) in [5, 5.41) is 3.29. The van der Waals surface area contributed by atoms with E-state index in [1.807, 2.05) is 37.3 Å². The van der Waals surface area contributed by atoms with Crippen molar-refractivity contribution in [2.24, 2.45) is 0 Å². The van der Waals surface area contributed by atoms with Gasteiger partial charge in [0.25, 0.3) is 0 Å². The number of hydrogen-bond acceptors (Lipinski definition) is 4. The molecule has 1 aromatic heterocycles. The number of nitrogens with zero attached hydrogens (tertiary/aromatic N) is 2. The number of nitrogens with one attached hydrogen (secondary N) is 1. The molecule has 0 atom stereocenters. The lowest BCUT2D eigenvalue weighted by Crippen LogP contribution is -2.04. The van der Waals surface area contributed by atoms with Gasteiger partial charge in [-0.25, -0.2) is 9.97 Å². The van der Waals surface area contributed by atoms with Crippen molar-refractivity contribution < 1.29 is 4.74 Å². The number of methoxy groups -OCH3 is 1. The first-order valence-corrected chi connectivity index (χ1v) is 6.91. The molecule has 0 spiro atoms. The first kappa shape index (κ1) is 13.8. The zero-order valence-electron chi connectivity index (χ0n) is 11.0. The maximum Gasteiger partial charge on any atom is 0.131 e. The van der Waals surface area contributed by atoms with Gasteiger partial charge in [0.15, 0.2) is 0 Å². The van der Waals surface area contributed by atoms with E-state index in [-0.39, 0.29) is 0 Å². The molecule has 1 aromatic carbocycles. The van der Waals surface area contributed by atoms with Crippen molar-refractivity contribution in [2.75, 3.05) is 12.4 Å². The van der Waals surface area contributed by atoms with Crippen LogP contribution in [0.4, 0.5) is 5.82 Å². The Morgan fingerprint density at radius 3 is 2.58 bits per heavy atom. The monoisotopic (exact) mass is 321 g/mol. The molecule has 0 radical (unpaired) electrons. The van der Waals surface area contributed by atoms with Crippen molar-refractivity contribution in [2.45, 2.75) is 19.9 Å². The molecule has 0 saturated heterocycles. The van der Waals surface area contributed by atoms with Crippen LogP contribution in [0.3, 0.4) is 0 Å². The molecule has 0 aliphatic heterocycles. The molecule has 1 heterocycles. The molecule has 100 valence electrons. The minimum atomic E-state index is 0.719. The van der Waals surface area contributed by atoms with Crippen molar-refractivity contribution in [3.05, 3.63) is 46.3 Å². The minimum absolute atomic E-state index is 0.719. The maximum atomic E-state index is 5.13. The lowest BCUT2D eigenvalue weighted by Gasteiger charge is -2.08. The number of anilines is 1. The zero-order valence-corrected chi connectivity index (χ0v) is 12.6. The number of aryl methyl sites for hydroxylation is 1. The molecule has 0 amide bonds. The van der Waals surface area contributed by atoms with Crippen LogP contribution < -0.4 is 10.1 Å². The Kier molecular flexibility index (Phi) is 4.74. The number of aromatic nitrogens is 2. The van der Waals surface area contributed by atoms with Gasteiger partial charge < -0.3 is 10.1 Å². The van der Waals surface area contributed by atoms with Gasteiger partial charge in [-0.3, -0.25) is 0 Å². The quantitative estimate of drug-likeness (QED) is 0.857. The SMILES string of the molecule is CCc1nc(Br)cc(NCc2ccc(OC)cc2)n1. The fraction of sp³-hybridized carbons (Fsp3) is 0.286. The summed E-state index contributed by atoms with van der Waals surface area (Å²) in [5.74, 6) is 2.52. The Balaban J connectivity index is 2.03. The highest BCUT2D eigenvalue weighted by Crippen LogP contribution is 2.15. The summed E-state index contributed by atoms with van der Waals surface area (Å²) in [6.07, 6.45) is 0.816. The van der Waals surface area contributed by atoms with Gasteiger partial charge in [0.1, 0.15) is 22.0 Å². The van der Waals surface area contributed by atoms with Crippen LogP contribution in [0, 0.1) is 0 Å². The van der Waals surface area contributed by atoms with Crippen molar-refractivity contribution in [3.63, 3.8) is 0 Å². The summed E-state index contributed by atoms with van der Waals surface area (Å²) >= 11 is 3.39. The van der Waals surface area contributed by atoms with Crippen molar-refractivity contribution >= 4 is 21.7 Å². The molecule has 0 aliphatic rings. The third kappa shape index (κ3) is 3.92. The van der Waals surface area contributed by atoms with Crippen molar-refractivity contribution in [1.29, 1.82) is 0 Å². The molecule has 0 aliphatic carbocycles. The predicted octanol–water partition coefficient (Wildman–Crippen LogP) is 3.42. The largest absolute Gasteiger partial charge is 0.497 e. The van der Waals surface area contributed by atoms with Gasteiger partial charge in [-0.05, 0) is 33.6 Å². The summed E-state index contributed by atoms with van der Waals surface area (Å²) in [6.45, 7) is 2.76. The van der Waals surface area contributed by atoms with Crippen molar-refractivity contribution in [1.82, 2.24) is 9.97 Å². The van der Waals surface area contributed by atoms with Gasteiger partial charge in [-0.1, -0.05) is 19.1 Å². The Hall–Kier alpha value is -1.62. The summed E-state index contributed by atoms with van der Waals surface area (Å²) in [7, 11) is 1.66. The lowest BCUT2D eigenvalue weighted by molar-refractivity contribution is 0.414. The summed E-state index contributed by atoms with van der Waals surface area (Å²) in [4.78, 5) is 8.70. The highest BCUT2D eigenvalue weighted by Gasteiger charge is 2.01. The minimum Gasteiger partial charge on any atom is -0.497 e. The molecule has 0 saturated carbocycles. The number of ether oxygens (including phenoxy) is 1. The van der Waals surface area contributed by atoms with Crippen LogP contribution in [0.2, 0.25) is 0 Å². The molecule has 1 N–H and O–H groups in total. The lowest BCUT2D eigenvalue weighted by atomic mass is 10.2. The molecule has 2 rings (SSSR count).